The van der Waals surface area contributed by atoms with Crippen LogP contribution in [0.1, 0.15) is 28.8 Å². The fourth-order valence-electron chi connectivity index (χ4n) is 3.24. The molecule has 0 aliphatic carbocycles. The van der Waals surface area contributed by atoms with E-state index in [1.54, 1.807) is 6.20 Å². The molecule has 0 radical (unpaired) electrons. The number of amides is 1. The molecule has 0 unspecified atom stereocenters. The predicted molar refractivity (Wildman–Crippen MR) is 103 cm³/mol. The molecule has 5 heteroatoms. The Bertz CT molecular complexity index is 934. The number of aromatic nitrogens is 1. The lowest BCUT2D eigenvalue weighted by molar-refractivity contribution is 0.0793. The molecular formula is C21H19ClN2O2. The molecule has 1 aromatic heterocycles. The van der Waals surface area contributed by atoms with E-state index >= 15 is 0 Å². The highest BCUT2D eigenvalue weighted by atomic mass is 35.5. The summed E-state index contributed by atoms with van der Waals surface area (Å²) in [5.41, 5.74) is 2.48. The van der Waals surface area contributed by atoms with Crippen molar-refractivity contribution in [1.29, 1.82) is 0 Å². The van der Waals surface area contributed by atoms with Gasteiger partial charge in [-0.1, -0.05) is 23.7 Å². The molecule has 4 rings (SSSR count). The molecule has 0 bridgehead atoms. The van der Waals surface area contributed by atoms with Crippen molar-refractivity contribution < 1.29 is 9.53 Å². The predicted octanol–water partition coefficient (Wildman–Crippen LogP) is 4.70. The van der Waals surface area contributed by atoms with E-state index in [9.17, 15) is 4.79 Å². The minimum absolute atomic E-state index is 0.114. The number of ether oxygens (including phenoxy) is 1. The van der Waals surface area contributed by atoms with Crippen LogP contribution < -0.4 is 4.74 Å². The largest absolute Gasteiger partial charge is 0.487 e. The SMILES string of the molecule is O=C(c1ccc(COc2ccc(Cl)c3cccnc23)cc1)N1CCCC1. The zero-order valence-electron chi connectivity index (χ0n) is 14.3. The number of carbonyl (C=O) groups is 1. The van der Waals surface area contributed by atoms with Gasteiger partial charge in [0.05, 0.1) is 5.02 Å². The van der Waals surface area contributed by atoms with E-state index in [1.165, 1.54) is 0 Å². The van der Waals surface area contributed by atoms with Crippen molar-refractivity contribution in [3.8, 4) is 5.75 Å². The van der Waals surface area contributed by atoms with Crippen molar-refractivity contribution in [2.24, 2.45) is 0 Å². The Kier molecular flexibility index (Phi) is 4.76. The van der Waals surface area contributed by atoms with Crippen molar-refractivity contribution in [3.63, 3.8) is 0 Å². The first-order chi connectivity index (χ1) is 12.7. The van der Waals surface area contributed by atoms with Crippen LogP contribution in [0.3, 0.4) is 0 Å². The maximum atomic E-state index is 12.4. The second-order valence-corrected chi connectivity index (χ2v) is 6.84. The quantitative estimate of drug-likeness (QED) is 0.672. The fraction of sp³-hybridized carbons (Fsp3) is 0.238. The molecule has 1 amide bonds. The highest BCUT2D eigenvalue weighted by Crippen LogP contribution is 2.30. The average Bonchev–Trinajstić information content (AvgIpc) is 3.22. The van der Waals surface area contributed by atoms with Gasteiger partial charge in [0.2, 0.25) is 0 Å². The van der Waals surface area contributed by atoms with Crippen LogP contribution >= 0.6 is 11.6 Å². The van der Waals surface area contributed by atoms with Gasteiger partial charge in [0.25, 0.3) is 5.91 Å². The molecule has 132 valence electrons. The third-order valence-electron chi connectivity index (χ3n) is 4.67. The average molecular weight is 367 g/mol. The Morgan fingerprint density at radius 2 is 1.85 bits per heavy atom. The maximum Gasteiger partial charge on any atom is 0.253 e. The molecule has 0 N–H and O–H groups in total. The summed E-state index contributed by atoms with van der Waals surface area (Å²) in [4.78, 5) is 18.7. The zero-order chi connectivity index (χ0) is 17.9. The van der Waals surface area contributed by atoms with E-state index < -0.39 is 0 Å². The van der Waals surface area contributed by atoms with E-state index in [-0.39, 0.29) is 5.91 Å². The number of likely N-dealkylation sites (tertiary alicyclic amines) is 1. The van der Waals surface area contributed by atoms with Gasteiger partial charge in [-0.2, -0.15) is 0 Å². The Hall–Kier alpha value is -2.59. The van der Waals surface area contributed by atoms with Crippen LogP contribution in [-0.2, 0) is 6.61 Å². The van der Waals surface area contributed by atoms with E-state index in [2.05, 4.69) is 4.98 Å². The number of nitrogens with zero attached hydrogens (tertiary/aromatic N) is 2. The van der Waals surface area contributed by atoms with Crippen LogP contribution in [0.4, 0.5) is 0 Å². The fourth-order valence-corrected chi connectivity index (χ4v) is 3.45. The molecule has 0 atom stereocenters. The van der Waals surface area contributed by atoms with E-state index in [0.29, 0.717) is 17.4 Å². The number of fused-ring (bicyclic) bond motifs is 1. The first-order valence-electron chi connectivity index (χ1n) is 8.76. The maximum absolute atomic E-state index is 12.4. The van der Waals surface area contributed by atoms with Gasteiger partial charge in [-0.05, 0) is 54.8 Å². The summed E-state index contributed by atoms with van der Waals surface area (Å²) in [6.07, 6.45) is 3.92. The summed E-state index contributed by atoms with van der Waals surface area (Å²) >= 11 is 6.22. The first kappa shape index (κ1) is 16.9. The van der Waals surface area contributed by atoms with E-state index in [1.807, 2.05) is 53.4 Å². The molecule has 3 aromatic rings. The van der Waals surface area contributed by atoms with Crippen molar-refractivity contribution in [3.05, 3.63) is 70.9 Å². The molecule has 1 saturated heterocycles. The van der Waals surface area contributed by atoms with E-state index in [4.69, 9.17) is 16.3 Å². The summed E-state index contributed by atoms with van der Waals surface area (Å²) in [5, 5.41) is 1.53. The van der Waals surface area contributed by atoms with Gasteiger partial charge < -0.3 is 9.64 Å². The molecule has 0 saturated carbocycles. The molecule has 26 heavy (non-hydrogen) atoms. The molecule has 4 nitrogen and oxygen atoms in total. The van der Waals surface area contributed by atoms with Crippen molar-refractivity contribution >= 4 is 28.4 Å². The van der Waals surface area contributed by atoms with Crippen LogP contribution in [-0.4, -0.2) is 28.9 Å². The number of halogens is 1. The van der Waals surface area contributed by atoms with Crippen LogP contribution in [0.5, 0.6) is 5.75 Å². The molecule has 1 aliphatic heterocycles. The number of benzene rings is 2. The van der Waals surface area contributed by atoms with Gasteiger partial charge in [0.15, 0.2) is 0 Å². The lowest BCUT2D eigenvalue weighted by Gasteiger charge is -2.15. The molecule has 2 aromatic carbocycles. The van der Waals surface area contributed by atoms with Crippen molar-refractivity contribution in [1.82, 2.24) is 9.88 Å². The van der Waals surface area contributed by atoms with Gasteiger partial charge in [0.1, 0.15) is 17.9 Å². The summed E-state index contributed by atoms with van der Waals surface area (Å²) in [5.74, 6) is 0.810. The van der Waals surface area contributed by atoms with Gasteiger partial charge >= 0.3 is 0 Å². The topological polar surface area (TPSA) is 42.4 Å². The standard InChI is InChI=1S/C21H19ClN2O2/c22-18-9-10-19(20-17(18)4-3-11-23-20)26-14-15-5-7-16(8-6-15)21(25)24-12-1-2-13-24/h3-11H,1-2,12-14H2. The lowest BCUT2D eigenvalue weighted by atomic mass is 10.1. The van der Waals surface area contributed by atoms with Crippen LogP contribution in [0.25, 0.3) is 10.9 Å². The third-order valence-corrected chi connectivity index (χ3v) is 5.00. The normalized spacial score (nSPS) is 14.0. The molecule has 2 heterocycles. The highest BCUT2D eigenvalue weighted by molar-refractivity contribution is 6.35. The lowest BCUT2D eigenvalue weighted by Crippen LogP contribution is -2.27. The van der Waals surface area contributed by atoms with E-state index in [0.717, 1.165) is 48.0 Å². The number of hydrogen-bond donors (Lipinski definition) is 0. The first-order valence-corrected chi connectivity index (χ1v) is 9.14. The number of carbonyl (C=O) groups excluding carboxylic acids is 1. The minimum Gasteiger partial charge on any atom is -0.487 e. The summed E-state index contributed by atoms with van der Waals surface area (Å²) in [6, 6.07) is 15.1. The molecule has 1 aliphatic rings. The molecule has 1 fully saturated rings. The number of hydrogen-bond acceptors (Lipinski definition) is 3. The summed E-state index contributed by atoms with van der Waals surface area (Å²) in [7, 11) is 0. The van der Waals surface area contributed by atoms with Crippen molar-refractivity contribution in [2.45, 2.75) is 19.4 Å². The Labute approximate surface area is 157 Å². The van der Waals surface area contributed by atoms with Gasteiger partial charge in [-0.25, -0.2) is 0 Å². The molecule has 0 spiro atoms. The number of pyridine rings is 1. The van der Waals surface area contributed by atoms with Crippen molar-refractivity contribution in [2.75, 3.05) is 13.1 Å². The van der Waals surface area contributed by atoms with Crippen LogP contribution in [0, 0.1) is 0 Å². The monoisotopic (exact) mass is 366 g/mol. The van der Waals surface area contributed by atoms with Crippen LogP contribution in [0.2, 0.25) is 5.02 Å². The van der Waals surface area contributed by atoms with Gasteiger partial charge in [-0.3, -0.25) is 9.78 Å². The minimum atomic E-state index is 0.114. The van der Waals surface area contributed by atoms with Gasteiger partial charge in [0, 0.05) is 30.2 Å². The second-order valence-electron chi connectivity index (χ2n) is 6.43. The summed E-state index contributed by atoms with van der Waals surface area (Å²) in [6.45, 7) is 2.13. The third kappa shape index (κ3) is 3.37. The summed E-state index contributed by atoms with van der Waals surface area (Å²) < 4.78 is 5.94. The van der Waals surface area contributed by atoms with Gasteiger partial charge in [-0.15, -0.1) is 0 Å². The number of rotatable bonds is 4. The Morgan fingerprint density at radius 3 is 2.62 bits per heavy atom. The molecular weight excluding hydrogens is 348 g/mol. The highest BCUT2D eigenvalue weighted by Gasteiger charge is 2.19. The second kappa shape index (κ2) is 7.34. The smallest absolute Gasteiger partial charge is 0.253 e. The van der Waals surface area contributed by atoms with Crippen LogP contribution in [0.15, 0.2) is 54.7 Å². The zero-order valence-corrected chi connectivity index (χ0v) is 15.1. The Balaban J connectivity index is 1.47. The Morgan fingerprint density at radius 1 is 1.08 bits per heavy atom.